The summed E-state index contributed by atoms with van der Waals surface area (Å²) < 4.78 is 0. The number of hydrogen-bond acceptors (Lipinski definition) is 3. The van der Waals surface area contributed by atoms with Gasteiger partial charge in [-0.2, -0.15) is 0 Å². The first kappa shape index (κ1) is 16.1. The molecule has 1 aliphatic heterocycles. The fourth-order valence-electron chi connectivity index (χ4n) is 3.65. The topological polar surface area (TPSA) is 55.3 Å². The first-order valence-electron chi connectivity index (χ1n) is 8.49. The fraction of sp³-hybridized carbons (Fsp3) is 0.421. The maximum absolute atomic E-state index is 6.21. The predicted molar refractivity (Wildman–Crippen MR) is 101 cm³/mol. The van der Waals surface area contributed by atoms with E-state index in [0.717, 1.165) is 37.3 Å². The molecule has 0 spiro atoms. The minimum atomic E-state index is 0.640. The fourth-order valence-corrected chi connectivity index (χ4v) is 3.65. The van der Waals surface area contributed by atoms with Crippen molar-refractivity contribution >= 4 is 24.8 Å². The minimum absolute atomic E-state index is 0.640. The van der Waals surface area contributed by atoms with E-state index in [0.29, 0.717) is 11.6 Å². The maximum atomic E-state index is 6.21. The monoisotopic (exact) mass is 306 g/mol. The molecule has 0 amide bonds. The van der Waals surface area contributed by atoms with Gasteiger partial charge in [0.2, 0.25) is 0 Å². The Hall–Kier alpha value is -1.81. The van der Waals surface area contributed by atoms with E-state index in [9.17, 15) is 0 Å². The normalized spacial score (nSPS) is 20.4. The third-order valence-corrected chi connectivity index (χ3v) is 5.02. The summed E-state index contributed by atoms with van der Waals surface area (Å²) in [5, 5.41) is 0. The number of hydrogen-bond donors (Lipinski definition) is 2. The molecule has 1 aromatic carbocycles. The van der Waals surface area contributed by atoms with Gasteiger partial charge in [-0.25, -0.2) is 0 Å². The van der Waals surface area contributed by atoms with E-state index in [4.69, 9.17) is 19.0 Å². The Balaban J connectivity index is 1.61. The Labute approximate surface area is 140 Å². The Morgan fingerprint density at radius 2 is 2.13 bits per heavy atom. The van der Waals surface area contributed by atoms with Gasteiger partial charge in [-0.05, 0) is 0 Å². The molecule has 0 saturated heterocycles. The zero-order chi connectivity index (χ0) is 16.2. The number of nitrogens with zero attached hydrogens (tertiary/aromatic N) is 1. The van der Waals surface area contributed by atoms with Gasteiger partial charge >= 0.3 is 133 Å². The molecule has 4 N–H and O–H groups in total. The molecule has 2 aliphatic rings. The number of nitrogens with two attached hydrogens (primary N) is 2. The summed E-state index contributed by atoms with van der Waals surface area (Å²) in [6, 6.07) is 1.90. The van der Waals surface area contributed by atoms with Gasteiger partial charge in [0, 0.05) is 0 Å². The van der Waals surface area contributed by atoms with Crippen LogP contribution in [0.4, 0.5) is 11.4 Å². The molecular formula is C19H25BN3. The van der Waals surface area contributed by atoms with E-state index >= 15 is 0 Å². The number of benzene rings is 1. The SMILES string of the molecule is [B]=Cc1cc(N)c(N)c2c1CCN(CCCC1C=CC=CC1)C2. The number of allylic oxidation sites excluding steroid dienone is 4. The number of anilines is 2. The summed E-state index contributed by atoms with van der Waals surface area (Å²) in [5.41, 5.74) is 17.1. The van der Waals surface area contributed by atoms with Crippen LogP contribution in [-0.2, 0) is 13.0 Å². The molecule has 4 heteroatoms. The van der Waals surface area contributed by atoms with Crippen molar-refractivity contribution in [3.05, 3.63) is 47.1 Å². The van der Waals surface area contributed by atoms with Gasteiger partial charge in [0.05, 0.1) is 0 Å². The van der Waals surface area contributed by atoms with E-state index in [1.54, 1.807) is 5.97 Å². The van der Waals surface area contributed by atoms with Crippen LogP contribution in [0.1, 0.15) is 36.0 Å². The van der Waals surface area contributed by atoms with E-state index in [1.807, 2.05) is 6.07 Å². The molecule has 0 aromatic heterocycles. The van der Waals surface area contributed by atoms with Gasteiger partial charge in [0.1, 0.15) is 0 Å². The van der Waals surface area contributed by atoms with Gasteiger partial charge in [-0.1, -0.05) is 6.08 Å². The molecule has 0 bridgehead atoms. The summed E-state index contributed by atoms with van der Waals surface area (Å²) in [5.74, 6) is 2.35. The van der Waals surface area contributed by atoms with Crippen LogP contribution < -0.4 is 11.5 Å². The van der Waals surface area contributed by atoms with Crippen molar-refractivity contribution < 1.29 is 0 Å². The van der Waals surface area contributed by atoms with Crippen LogP contribution in [0.5, 0.6) is 0 Å². The summed E-state index contributed by atoms with van der Waals surface area (Å²) in [6.45, 7) is 3.06. The van der Waals surface area contributed by atoms with Crippen molar-refractivity contribution in [2.45, 2.75) is 32.2 Å². The summed E-state index contributed by atoms with van der Waals surface area (Å²) in [7, 11) is 5.74. The van der Waals surface area contributed by atoms with Crippen LogP contribution in [0.3, 0.4) is 0 Å². The zero-order valence-corrected chi connectivity index (χ0v) is 13.7. The molecule has 119 valence electrons. The molecule has 1 aliphatic carbocycles. The third-order valence-electron chi connectivity index (χ3n) is 5.02. The third kappa shape index (κ3) is 3.58. The molecular weight excluding hydrogens is 281 g/mol. The van der Waals surface area contributed by atoms with Crippen molar-refractivity contribution in [2.75, 3.05) is 24.6 Å². The van der Waals surface area contributed by atoms with E-state index in [1.165, 1.54) is 30.4 Å². The molecule has 1 unspecified atom stereocenters. The Morgan fingerprint density at radius 3 is 2.87 bits per heavy atom. The van der Waals surface area contributed by atoms with Gasteiger partial charge < -0.3 is 0 Å². The average Bonchev–Trinajstić information content (AvgIpc) is 2.59. The van der Waals surface area contributed by atoms with E-state index in [2.05, 4.69) is 29.2 Å². The Morgan fingerprint density at radius 1 is 1.26 bits per heavy atom. The van der Waals surface area contributed by atoms with Crippen LogP contribution in [0, 0.1) is 5.92 Å². The predicted octanol–water partition coefficient (Wildman–Crippen LogP) is 2.44. The van der Waals surface area contributed by atoms with Crippen LogP contribution >= 0.6 is 0 Å². The molecule has 1 aromatic rings. The van der Waals surface area contributed by atoms with Crippen LogP contribution in [0.15, 0.2) is 30.4 Å². The summed E-state index contributed by atoms with van der Waals surface area (Å²) >= 11 is 0. The Bertz CT molecular complexity index is 649. The molecule has 3 rings (SSSR count). The average molecular weight is 306 g/mol. The van der Waals surface area contributed by atoms with E-state index < -0.39 is 0 Å². The first-order chi connectivity index (χ1) is 11.2. The van der Waals surface area contributed by atoms with Crippen molar-refractivity contribution in [1.29, 1.82) is 0 Å². The summed E-state index contributed by atoms with van der Waals surface area (Å²) in [6.07, 6.45) is 13.5. The molecule has 1 heterocycles. The van der Waals surface area contributed by atoms with Crippen LogP contribution in [-0.4, -0.2) is 31.4 Å². The zero-order valence-electron chi connectivity index (χ0n) is 13.7. The second-order valence-electron chi connectivity index (χ2n) is 6.57. The van der Waals surface area contributed by atoms with Gasteiger partial charge in [-0.3, -0.25) is 0 Å². The number of nitrogen functional groups attached to an aromatic ring is 2. The van der Waals surface area contributed by atoms with Crippen molar-refractivity contribution in [1.82, 2.24) is 4.90 Å². The van der Waals surface area contributed by atoms with Gasteiger partial charge in [0.25, 0.3) is 0 Å². The second-order valence-corrected chi connectivity index (χ2v) is 6.57. The standard InChI is InChI=1S/C19H25BN3/c20-12-15-11-18(21)19(22)17-13-23(10-8-16(15)17)9-4-7-14-5-2-1-3-6-14/h1-3,5,11-12,14H,4,6-10,13,21-22H2. The van der Waals surface area contributed by atoms with E-state index in [-0.39, 0.29) is 0 Å². The van der Waals surface area contributed by atoms with Crippen LogP contribution in [0.2, 0.25) is 0 Å². The molecule has 0 fully saturated rings. The van der Waals surface area contributed by atoms with Gasteiger partial charge in [-0.15, -0.1) is 0 Å². The first-order valence-corrected chi connectivity index (χ1v) is 8.49. The van der Waals surface area contributed by atoms with Gasteiger partial charge in [0.15, 0.2) is 0 Å². The quantitative estimate of drug-likeness (QED) is 0.649. The second kappa shape index (κ2) is 7.18. The molecule has 3 nitrogen and oxygen atoms in total. The molecule has 1 atom stereocenters. The van der Waals surface area contributed by atoms with Crippen LogP contribution in [0.25, 0.3) is 0 Å². The Kier molecular flexibility index (Phi) is 5.01. The molecule has 23 heavy (non-hydrogen) atoms. The number of fused-ring (bicyclic) bond motifs is 1. The van der Waals surface area contributed by atoms with Crippen molar-refractivity contribution in [3.63, 3.8) is 0 Å². The molecule has 1 radical (unpaired) electrons. The van der Waals surface area contributed by atoms with Crippen molar-refractivity contribution in [3.8, 4) is 0 Å². The number of rotatable bonds is 5. The summed E-state index contributed by atoms with van der Waals surface area (Å²) in [4.78, 5) is 2.49. The van der Waals surface area contributed by atoms with Crippen molar-refractivity contribution in [2.24, 2.45) is 5.92 Å². The molecule has 0 saturated carbocycles.